The van der Waals surface area contributed by atoms with E-state index in [2.05, 4.69) is 4.90 Å². The summed E-state index contributed by atoms with van der Waals surface area (Å²) in [5.41, 5.74) is -0.772. The van der Waals surface area contributed by atoms with Gasteiger partial charge in [-0.25, -0.2) is 0 Å². The minimum absolute atomic E-state index is 0.0569. The topological polar surface area (TPSA) is 57.6 Å². The number of rotatable bonds is 2. The molecule has 4 heteroatoms. The summed E-state index contributed by atoms with van der Waals surface area (Å²) < 4.78 is 0. The molecule has 4 nitrogen and oxygen atoms in total. The van der Waals surface area contributed by atoms with E-state index < -0.39 is 11.4 Å². The summed E-state index contributed by atoms with van der Waals surface area (Å²) in [5.74, 6) is -0.697. The monoisotopic (exact) mass is 211 g/mol. The lowest BCUT2D eigenvalue weighted by Crippen LogP contribution is -2.59. The average molecular weight is 211 g/mol. The maximum absolute atomic E-state index is 11.3. The van der Waals surface area contributed by atoms with Crippen molar-refractivity contribution in [3.63, 3.8) is 0 Å². The molecule has 1 atom stereocenters. The van der Waals surface area contributed by atoms with E-state index in [0.717, 1.165) is 25.8 Å². The largest absolute Gasteiger partial charge is 0.481 e. The number of carboxylic acids is 1. The van der Waals surface area contributed by atoms with E-state index in [1.165, 1.54) is 0 Å². The van der Waals surface area contributed by atoms with Crippen molar-refractivity contribution in [2.75, 3.05) is 13.6 Å². The van der Waals surface area contributed by atoms with Crippen LogP contribution >= 0.6 is 0 Å². The Hall–Kier alpha value is -0.900. The van der Waals surface area contributed by atoms with Gasteiger partial charge in [-0.2, -0.15) is 0 Å². The van der Waals surface area contributed by atoms with Crippen LogP contribution in [0.25, 0.3) is 0 Å². The molecule has 2 aliphatic rings. The van der Waals surface area contributed by atoms with Crippen molar-refractivity contribution in [3.05, 3.63) is 0 Å². The predicted octanol–water partition coefficient (Wildman–Crippen LogP) is 0.905. The zero-order chi connectivity index (χ0) is 11.1. The van der Waals surface area contributed by atoms with Gasteiger partial charge >= 0.3 is 5.97 Å². The predicted molar refractivity (Wildman–Crippen MR) is 54.6 cm³/mol. The summed E-state index contributed by atoms with van der Waals surface area (Å²) in [6.07, 6.45) is 3.60. The van der Waals surface area contributed by atoms with Crippen LogP contribution in [0.1, 0.15) is 32.1 Å². The fraction of sp³-hybridized carbons (Fsp3) is 0.818. The SMILES string of the molecule is CN1CCCCC1C1(C(=O)O)CC(=O)C1. The number of carboxylic acid groups (broad SMARTS) is 1. The van der Waals surface area contributed by atoms with Crippen LogP contribution in [0.4, 0.5) is 0 Å². The van der Waals surface area contributed by atoms with Crippen LogP contribution < -0.4 is 0 Å². The second kappa shape index (κ2) is 3.59. The third kappa shape index (κ3) is 1.57. The summed E-state index contributed by atoms with van der Waals surface area (Å²) in [7, 11) is 1.97. The molecule has 1 aliphatic carbocycles. The molecule has 1 aliphatic heterocycles. The zero-order valence-corrected chi connectivity index (χ0v) is 9.03. The van der Waals surface area contributed by atoms with Crippen LogP contribution in [0.5, 0.6) is 0 Å². The van der Waals surface area contributed by atoms with Crippen molar-refractivity contribution < 1.29 is 14.7 Å². The second-order valence-corrected chi connectivity index (χ2v) is 4.85. The summed E-state index contributed by atoms with van der Waals surface area (Å²) >= 11 is 0. The van der Waals surface area contributed by atoms with E-state index in [4.69, 9.17) is 0 Å². The van der Waals surface area contributed by atoms with Crippen LogP contribution in [0.3, 0.4) is 0 Å². The summed E-state index contributed by atoms with van der Waals surface area (Å²) in [6.45, 7) is 0.952. The van der Waals surface area contributed by atoms with Gasteiger partial charge < -0.3 is 10.0 Å². The molecule has 2 rings (SSSR count). The van der Waals surface area contributed by atoms with Crippen LogP contribution in [-0.2, 0) is 9.59 Å². The lowest BCUT2D eigenvalue weighted by Gasteiger charge is -2.48. The fourth-order valence-electron chi connectivity index (χ4n) is 2.95. The minimum Gasteiger partial charge on any atom is -0.481 e. The Bertz CT molecular complexity index is 292. The van der Waals surface area contributed by atoms with Gasteiger partial charge in [0.1, 0.15) is 5.78 Å². The van der Waals surface area contributed by atoms with E-state index in [1.807, 2.05) is 7.05 Å². The highest BCUT2D eigenvalue weighted by Gasteiger charge is 2.56. The number of Topliss-reactive ketones (excluding diaryl/α,β-unsaturated/α-hetero) is 1. The first kappa shape index (κ1) is 10.6. The maximum atomic E-state index is 11.3. The zero-order valence-electron chi connectivity index (χ0n) is 9.03. The van der Waals surface area contributed by atoms with E-state index >= 15 is 0 Å². The van der Waals surface area contributed by atoms with Crippen LogP contribution in [0.2, 0.25) is 0 Å². The molecular weight excluding hydrogens is 194 g/mol. The Labute approximate surface area is 89.3 Å². The van der Waals surface area contributed by atoms with Gasteiger partial charge in [-0.1, -0.05) is 6.42 Å². The molecule has 1 unspecified atom stereocenters. The van der Waals surface area contributed by atoms with Crippen molar-refractivity contribution in [1.82, 2.24) is 4.90 Å². The van der Waals surface area contributed by atoms with Gasteiger partial charge in [-0.3, -0.25) is 9.59 Å². The first-order chi connectivity index (χ1) is 7.06. The van der Waals surface area contributed by atoms with Gasteiger partial charge in [0.15, 0.2) is 0 Å². The normalized spacial score (nSPS) is 31.0. The molecule has 0 aromatic rings. The highest BCUT2D eigenvalue weighted by atomic mass is 16.4. The van der Waals surface area contributed by atoms with Gasteiger partial charge in [0, 0.05) is 18.9 Å². The Balaban J connectivity index is 2.17. The van der Waals surface area contributed by atoms with Crippen molar-refractivity contribution in [3.8, 4) is 0 Å². The Morgan fingerprint density at radius 1 is 1.47 bits per heavy atom. The van der Waals surface area contributed by atoms with Gasteiger partial charge in [0.05, 0.1) is 5.41 Å². The van der Waals surface area contributed by atoms with Crippen molar-refractivity contribution in [2.45, 2.75) is 38.1 Å². The molecule has 0 aromatic carbocycles. The molecule has 84 valence electrons. The Kier molecular flexibility index (Phi) is 2.54. The molecule has 2 fully saturated rings. The van der Waals surface area contributed by atoms with Crippen molar-refractivity contribution in [1.29, 1.82) is 0 Å². The molecule has 1 saturated heterocycles. The molecule has 0 spiro atoms. The molecule has 1 saturated carbocycles. The third-order valence-electron chi connectivity index (χ3n) is 3.86. The number of hydrogen-bond donors (Lipinski definition) is 1. The average Bonchev–Trinajstić information content (AvgIpc) is 2.13. The number of hydrogen-bond acceptors (Lipinski definition) is 3. The molecular formula is C11H17NO3. The third-order valence-corrected chi connectivity index (χ3v) is 3.86. The Morgan fingerprint density at radius 2 is 2.13 bits per heavy atom. The highest BCUT2D eigenvalue weighted by Crippen LogP contribution is 2.46. The minimum atomic E-state index is -0.791. The quantitative estimate of drug-likeness (QED) is 0.737. The van der Waals surface area contributed by atoms with Crippen molar-refractivity contribution >= 4 is 11.8 Å². The molecule has 0 amide bonds. The number of piperidine rings is 1. The maximum Gasteiger partial charge on any atom is 0.312 e. The lowest BCUT2D eigenvalue weighted by molar-refractivity contribution is -0.168. The first-order valence-corrected chi connectivity index (χ1v) is 5.51. The summed E-state index contributed by atoms with van der Waals surface area (Å²) in [5, 5.41) is 9.29. The molecule has 1 heterocycles. The van der Waals surface area contributed by atoms with Gasteiger partial charge in [-0.15, -0.1) is 0 Å². The van der Waals surface area contributed by atoms with Gasteiger partial charge in [-0.05, 0) is 26.4 Å². The molecule has 0 aromatic heterocycles. The van der Waals surface area contributed by atoms with E-state index in [1.54, 1.807) is 0 Å². The highest BCUT2D eigenvalue weighted by molar-refractivity contribution is 5.97. The summed E-state index contributed by atoms with van der Waals surface area (Å²) in [4.78, 5) is 24.5. The number of nitrogens with zero attached hydrogens (tertiary/aromatic N) is 1. The van der Waals surface area contributed by atoms with Crippen LogP contribution in [0, 0.1) is 5.41 Å². The summed E-state index contributed by atoms with van der Waals surface area (Å²) in [6, 6.07) is 0.0569. The number of carbonyl (C=O) groups is 2. The van der Waals surface area contributed by atoms with E-state index in [0.29, 0.717) is 0 Å². The number of ketones is 1. The molecule has 15 heavy (non-hydrogen) atoms. The Morgan fingerprint density at radius 3 is 2.60 bits per heavy atom. The van der Waals surface area contributed by atoms with Crippen molar-refractivity contribution in [2.24, 2.45) is 5.41 Å². The number of carbonyl (C=O) groups excluding carboxylic acids is 1. The van der Waals surface area contributed by atoms with E-state index in [-0.39, 0.29) is 24.7 Å². The number of aliphatic carboxylic acids is 1. The van der Waals surface area contributed by atoms with Crippen LogP contribution in [-0.4, -0.2) is 41.4 Å². The number of likely N-dealkylation sites (tertiary alicyclic amines) is 1. The molecule has 0 radical (unpaired) electrons. The van der Waals surface area contributed by atoms with Crippen LogP contribution in [0.15, 0.2) is 0 Å². The molecule has 1 N–H and O–H groups in total. The second-order valence-electron chi connectivity index (χ2n) is 4.85. The van der Waals surface area contributed by atoms with Gasteiger partial charge in [0.25, 0.3) is 0 Å². The smallest absolute Gasteiger partial charge is 0.312 e. The van der Waals surface area contributed by atoms with Gasteiger partial charge in [0.2, 0.25) is 0 Å². The first-order valence-electron chi connectivity index (χ1n) is 5.51. The molecule has 0 bridgehead atoms. The fourth-order valence-corrected chi connectivity index (χ4v) is 2.95. The lowest BCUT2D eigenvalue weighted by atomic mass is 9.61. The van der Waals surface area contributed by atoms with E-state index in [9.17, 15) is 14.7 Å². The standard InChI is InChI=1S/C11H17NO3/c1-12-5-3-2-4-9(12)11(10(14)15)6-8(13)7-11/h9H,2-7H2,1H3,(H,14,15).